The number of hydrogen-bond donors (Lipinski definition) is 1. The fraction of sp³-hybridized carbons (Fsp3) is 0.643. The zero-order valence-electron chi connectivity index (χ0n) is 12.1. The molecule has 1 atom stereocenters. The molecule has 0 bridgehead atoms. The molecule has 1 aliphatic heterocycles. The fourth-order valence-corrected chi connectivity index (χ4v) is 2.88. The second-order valence-corrected chi connectivity index (χ2v) is 5.72. The minimum absolute atomic E-state index is 0.0118. The Kier molecular flexibility index (Phi) is 6.13. The SMILES string of the molecule is CCOC(=O)Cc1csc(NC(=O)CC2CCCCO2)n1. The van der Waals surface area contributed by atoms with E-state index in [9.17, 15) is 9.59 Å². The summed E-state index contributed by atoms with van der Waals surface area (Å²) in [5, 5.41) is 5.01. The lowest BCUT2D eigenvalue weighted by Gasteiger charge is -2.21. The number of nitrogens with zero attached hydrogens (tertiary/aromatic N) is 1. The molecular weight excluding hydrogens is 292 g/mol. The number of amides is 1. The molecule has 1 aromatic rings. The number of esters is 1. The first kappa shape index (κ1) is 15.9. The number of aromatic nitrogens is 1. The summed E-state index contributed by atoms with van der Waals surface area (Å²) in [5.74, 6) is -0.407. The highest BCUT2D eigenvalue weighted by atomic mass is 32.1. The predicted octanol–water partition coefficient (Wildman–Crippen LogP) is 2.15. The molecule has 0 radical (unpaired) electrons. The Balaban J connectivity index is 1.78. The quantitative estimate of drug-likeness (QED) is 0.814. The molecule has 1 amide bonds. The molecule has 6 nitrogen and oxygen atoms in total. The number of hydrogen-bond acceptors (Lipinski definition) is 6. The first-order chi connectivity index (χ1) is 10.2. The van der Waals surface area contributed by atoms with Gasteiger partial charge in [0.15, 0.2) is 5.13 Å². The van der Waals surface area contributed by atoms with Gasteiger partial charge in [0, 0.05) is 12.0 Å². The van der Waals surface area contributed by atoms with Crippen LogP contribution in [0.2, 0.25) is 0 Å². The molecule has 1 saturated heterocycles. The summed E-state index contributed by atoms with van der Waals surface area (Å²) < 4.78 is 10.4. The van der Waals surface area contributed by atoms with Gasteiger partial charge in [-0.15, -0.1) is 11.3 Å². The van der Waals surface area contributed by atoms with Gasteiger partial charge in [0.2, 0.25) is 5.91 Å². The Labute approximate surface area is 127 Å². The van der Waals surface area contributed by atoms with Gasteiger partial charge in [-0.25, -0.2) is 4.98 Å². The minimum Gasteiger partial charge on any atom is -0.466 e. The Bertz CT molecular complexity index is 483. The lowest BCUT2D eigenvalue weighted by Crippen LogP contribution is -2.25. The van der Waals surface area contributed by atoms with Gasteiger partial charge in [0.25, 0.3) is 0 Å². The van der Waals surface area contributed by atoms with Crippen molar-refractivity contribution < 1.29 is 19.1 Å². The highest BCUT2D eigenvalue weighted by molar-refractivity contribution is 7.13. The van der Waals surface area contributed by atoms with Gasteiger partial charge in [-0.3, -0.25) is 9.59 Å². The van der Waals surface area contributed by atoms with Gasteiger partial charge in [-0.05, 0) is 26.2 Å². The Morgan fingerprint density at radius 2 is 2.38 bits per heavy atom. The van der Waals surface area contributed by atoms with E-state index >= 15 is 0 Å². The summed E-state index contributed by atoms with van der Waals surface area (Å²) in [7, 11) is 0. The molecule has 116 valence electrons. The molecule has 0 aromatic carbocycles. The van der Waals surface area contributed by atoms with Crippen molar-refractivity contribution in [3.05, 3.63) is 11.1 Å². The first-order valence-electron chi connectivity index (χ1n) is 7.19. The maximum atomic E-state index is 11.9. The largest absolute Gasteiger partial charge is 0.466 e. The second kappa shape index (κ2) is 8.09. The van der Waals surface area contributed by atoms with Crippen LogP contribution in [0.4, 0.5) is 5.13 Å². The molecule has 21 heavy (non-hydrogen) atoms. The van der Waals surface area contributed by atoms with Crippen LogP contribution in [0.25, 0.3) is 0 Å². The van der Waals surface area contributed by atoms with Crippen LogP contribution in [0, 0.1) is 0 Å². The third kappa shape index (κ3) is 5.43. The minimum atomic E-state index is -0.309. The molecule has 1 aliphatic rings. The molecular formula is C14H20N2O4S. The van der Waals surface area contributed by atoms with Crippen LogP contribution in [-0.4, -0.2) is 36.2 Å². The number of carbonyl (C=O) groups is 2. The summed E-state index contributed by atoms with van der Waals surface area (Å²) in [6, 6.07) is 0. The average Bonchev–Trinajstić information content (AvgIpc) is 2.87. The summed E-state index contributed by atoms with van der Waals surface area (Å²) in [6.45, 7) is 2.85. The van der Waals surface area contributed by atoms with E-state index in [1.54, 1.807) is 12.3 Å². The van der Waals surface area contributed by atoms with Crippen LogP contribution in [0.5, 0.6) is 0 Å². The van der Waals surface area contributed by atoms with E-state index in [0.29, 0.717) is 23.9 Å². The summed E-state index contributed by atoms with van der Waals surface area (Å²) in [5.41, 5.74) is 0.614. The molecule has 0 spiro atoms. The fourth-order valence-electron chi connectivity index (χ4n) is 2.15. The van der Waals surface area contributed by atoms with Crippen molar-refractivity contribution in [2.24, 2.45) is 0 Å². The van der Waals surface area contributed by atoms with Crippen molar-refractivity contribution in [1.82, 2.24) is 4.98 Å². The summed E-state index contributed by atoms with van der Waals surface area (Å²) in [4.78, 5) is 27.5. The molecule has 1 aromatic heterocycles. The van der Waals surface area contributed by atoms with E-state index in [4.69, 9.17) is 9.47 Å². The van der Waals surface area contributed by atoms with Crippen LogP contribution in [0.1, 0.15) is 38.3 Å². The Hall–Kier alpha value is -1.47. The number of ether oxygens (including phenoxy) is 2. The molecule has 1 N–H and O–H groups in total. The van der Waals surface area contributed by atoms with Crippen molar-refractivity contribution in [2.75, 3.05) is 18.5 Å². The van der Waals surface area contributed by atoms with E-state index in [2.05, 4.69) is 10.3 Å². The lowest BCUT2D eigenvalue weighted by atomic mass is 10.1. The van der Waals surface area contributed by atoms with E-state index in [1.165, 1.54) is 11.3 Å². The Morgan fingerprint density at radius 1 is 1.52 bits per heavy atom. The van der Waals surface area contributed by atoms with E-state index in [1.807, 2.05) is 0 Å². The molecule has 2 heterocycles. The van der Waals surface area contributed by atoms with Crippen LogP contribution in [0.3, 0.4) is 0 Å². The number of rotatable bonds is 6. The number of nitrogens with one attached hydrogen (secondary N) is 1. The van der Waals surface area contributed by atoms with Crippen molar-refractivity contribution in [3.63, 3.8) is 0 Å². The molecule has 0 aliphatic carbocycles. The highest BCUT2D eigenvalue weighted by Crippen LogP contribution is 2.19. The normalized spacial score (nSPS) is 18.2. The van der Waals surface area contributed by atoms with Crippen molar-refractivity contribution in [3.8, 4) is 0 Å². The number of carbonyl (C=O) groups excluding carboxylic acids is 2. The van der Waals surface area contributed by atoms with Gasteiger partial charge in [0.1, 0.15) is 0 Å². The second-order valence-electron chi connectivity index (χ2n) is 4.87. The topological polar surface area (TPSA) is 77.5 Å². The molecule has 1 unspecified atom stereocenters. The zero-order valence-corrected chi connectivity index (χ0v) is 12.9. The average molecular weight is 312 g/mol. The molecule has 2 rings (SSSR count). The zero-order chi connectivity index (χ0) is 15.1. The van der Waals surface area contributed by atoms with Gasteiger partial charge in [-0.2, -0.15) is 0 Å². The number of anilines is 1. The standard InChI is InChI=1S/C14H20N2O4S/c1-2-19-13(18)7-10-9-21-14(15-10)16-12(17)8-11-5-3-4-6-20-11/h9,11H,2-8H2,1H3,(H,15,16,17). The van der Waals surface area contributed by atoms with E-state index in [-0.39, 0.29) is 24.4 Å². The van der Waals surface area contributed by atoms with Crippen molar-refractivity contribution in [2.45, 2.75) is 45.1 Å². The van der Waals surface area contributed by atoms with Crippen molar-refractivity contribution in [1.29, 1.82) is 0 Å². The third-order valence-corrected chi connectivity index (χ3v) is 3.92. The van der Waals surface area contributed by atoms with Gasteiger partial charge < -0.3 is 14.8 Å². The maximum absolute atomic E-state index is 11.9. The summed E-state index contributed by atoms with van der Waals surface area (Å²) in [6.07, 6.45) is 3.61. The Morgan fingerprint density at radius 3 is 3.10 bits per heavy atom. The van der Waals surface area contributed by atoms with Gasteiger partial charge in [0.05, 0.1) is 31.2 Å². The monoisotopic (exact) mass is 312 g/mol. The molecule has 0 saturated carbocycles. The first-order valence-corrected chi connectivity index (χ1v) is 8.07. The van der Waals surface area contributed by atoms with Crippen LogP contribution in [0.15, 0.2) is 5.38 Å². The van der Waals surface area contributed by atoms with Crippen LogP contribution >= 0.6 is 11.3 Å². The lowest BCUT2D eigenvalue weighted by molar-refractivity contribution is -0.142. The molecule has 7 heteroatoms. The van der Waals surface area contributed by atoms with E-state index < -0.39 is 0 Å². The number of thiazole rings is 1. The summed E-state index contributed by atoms with van der Waals surface area (Å²) >= 11 is 1.31. The van der Waals surface area contributed by atoms with Crippen molar-refractivity contribution >= 4 is 28.3 Å². The predicted molar refractivity (Wildman–Crippen MR) is 79.3 cm³/mol. The smallest absolute Gasteiger partial charge is 0.311 e. The molecule has 1 fully saturated rings. The van der Waals surface area contributed by atoms with Gasteiger partial charge >= 0.3 is 5.97 Å². The maximum Gasteiger partial charge on any atom is 0.311 e. The highest BCUT2D eigenvalue weighted by Gasteiger charge is 2.18. The third-order valence-electron chi connectivity index (χ3n) is 3.12. The van der Waals surface area contributed by atoms with E-state index in [0.717, 1.165) is 25.9 Å². The van der Waals surface area contributed by atoms with Crippen LogP contribution in [-0.2, 0) is 25.5 Å². The van der Waals surface area contributed by atoms with Gasteiger partial charge in [-0.1, -0.05) is 0 Å². The van der Waals surface area contributed by atoms with Crippen LogP contribution < -0.4 is 5.32 Å².